The first-order valence-electron chi connectivity index (χ1n) is 6.19. The minimum absolute atomic E-state index is 0.00231. The highest BCUT2D eigenvalue weighted by Crippen LogP contribution is 2.48. The number of amides is 1. The van der Waals surface area contributed by atoms with E-state index in [2.05, 4.69) is 0 Å². The summed E-state index contributed by atoms with van der Waals surface area (Å²) in [4.78, 5) is 13.9. The Morgan fingerprint density at radius 3 is 2.62 bits per heavy atom. The SMILES string of the molecule is CC(O)CN(C)C(=O)C1C2CCC(C2)C1N. The number of nitrogens with two attached hydrogens (primary N) is 1. The molecule has 16 heavy (non-hydrogen) atoms. The smallest absolute Gasteiger partial charge is 0.227 e. The second-order valence-corrected chi connectivity index (χ2v) is 5.50. The maximum atomic E-state index is 12.2. The van der Waals surface area contributed by atoms with E-state index in [1.807, 2.05) is 0 Å². The van der Waals surface area contributed by atoms with Crippen LogP contribution >= 0.6 is 0 Å². The second-order valence-electron chi connectivity index (χ2n) is 5.50. The van der Waals surface area contributed by atoms with Crippen molar-refractivity contribution >= 4 is 5.91 Å². The molecule has 4 heteroatoms. The van der Waals surface area contributed by atoms with Gasteiger partial charge in [-0.15, -0.1) is 0 Å². The summed E-state index contributed by atoms with van der Waals surface area (Å²) >= 11 is 0. The number of aliphatic hydroxyl groups is 1. The van der Waals surface area contributed by atoms with E-state index >= 15 is 0 Å². The molecule has 2 aliphatic carbocycles. The molecule has 2 aliphatic rings. The van der Waals surface area contributed by atoms with Crippen molar-refractivity contribution in [3.05, 3.63) is 0 Å². The lowest BCUT2D eigenvalue weighted by molar-refractivity contribution is -0.137. The highest BCUT2D eigenvalue weighted by Gasteiger charge is 2.49. The summed E-state index contributed by atoms with van der Waals surface area (Å²) < 4.78 is 0. The summed E-state index contributed by atoms with van der Waals surface area (Å²) in [6.45, 7) is 2.10. The van der Waals surface area contributed by atoms with Crippen LogP contribution < -0.4 is 5.73 Å². The average molecular weight is 226 g/mol. The number of fused-ring (bicyclic) bond motifs is 2. The van der Waals surface area contributed by atoms with Crippen molar-refractivity contribution in [2.75, 3.05) is 13.6 Å². The van der Waals surface area contributed by atoms with Crippen molar-refractivity contribution in [2.45, 2.75) is 38.3 Å². The number of aliphatic hydroxyl groups excluding tert-OH is 1. The summed E-state index contributed by atoms with van der Waals surface area (Å²) in [6.07, 6.45) is 3.00. The van der Waals surface area contributed by atoms with Crippen molar-refractivity contribution < 1.29 is 9.90 Å². The van der Waals surface area contributed by atoms with E-state index in [0.717, 1.165) is 12.8 Å². The van der Waals surface area contributed by atoms with Gasteiger partial charge in [0.25, 0.3) is 0 Å². The molecule has 2 bridgehead atoms. The molecule has 4 nitrogen and oxygen atoms in total. The van der Waals surface area contributed by atoms with E-state index in [9.17, 15) is 9.90 Å². The number of carbonyl (C=O) groups excluding carboxylic acids is 1. The van der Waals surface area contributed by atoms with E-state index in [1.54, 1.807) is 18.9 Å². The Labute approximate surface area is 96.8 Å². The number of hydrogen-bond acceptors (Lipinski definition) is 3. The molecule has 2 rings (SSSR count). The lowest BCUT2D eigenvalue weighted by atomic mass is 9.84. The average Bonchev–Trinajstić information content (AvgIpc) is 2.75. The fraction of sp³-hybridized carbons (Fsp3) is 0.917. The van der Waals surface area contributed by atoms with Gasteiger partial charge in [-0.2, -0.15) is 0 Å². The molecule has 5 unspecified atom stereocenters. The molecule has 0 aromatic heterocycles. The normalized spacial score (nSPS) is 38.8. The zero-order valence-corrected chi connectivity index (χ0v) is 10.1. The van der Waals surface area contributed by atoms with Gasteiger partial charge in [0.15, 0.2) is 0 Å². The fourth-order valence-electron chi connectivity index (χ4n) is 3.44. The molecule has 0 aromatic rings. The maximum absolute atomic E-state index is 12.2. The van der Waals surface area contributed by atoms with Gasteiger partial charge < -0.3 is 15.7 Å². The van der Waals surface area contributed by atoms with Crippen molar-refractivity contribution in [1.82, 2.24) is 4.90 Å². The van der Waals surface area contributed by atoms with Crippen LogP contribution in [0.4, 0.5) is 0 Å². The van der Waals surface area contributed by atoms with E-state index in [0.29, 0.717) is 18.4 Å². The summed E-state index contributed by atoms with van der Waals surface area (Å²) in [5.41, 5.74) is 6.12. The van der Waals surface area contributed by atoms with E-state index < -0.39 is 6.10 Å². The molecule has 0 saturated heterocycles. The Balaban J connectivity index is 1.99. The zero-order valence-electron chi connectivity index (χ0n) is 10.1. The Morgan fingerprint density at radius 1 is 1.50 bits per heavy atom. The number of carbonyl (C=O) groups is 1. The van der Waals surface area contributed by atoms with Gasteiger partial charge in [0, 0.05) is 19.6 Å². The Morgan fingerprint density at radius 2 is 2.12 bits per heavy atom. The minimum Gasteiger partial charge on any atom is -0.392 e. The van der Waals surface area contributed by atoms with Crippen molar-refractivity contribution in [3.8, 4) is 0 Å². The van der Waals surface area contributed by atoms with Crippen LogP contribution in [0.2, 0.25) is 0 Å². The van der Waals surface area contributed by atoms with Crippen LogP contribution in [-0.4, -0.2) is 41.7 Å². The van der Waals surface area contributed by atoms with Crippen LogP contribution in [0.1, 0.15) is 26.2 Å². The third-order valence-electron chi connectivity index (χ3n) is 4.18. The van der Waals surface area contributed by atoms with Gasteiger partial charge in [0.2, 0.25) is 5.91 Å². The second kappa shape index (κ2) is 4.34. The van der Waals surface area contributed by atoms with E-state index in [1.165, 1.54) is 6.42 Å². The monoisotopic (exact) mass is 226 g/mol. The van der Waals surface area contributed by atoms with Gasteiger partial charge in [0.1, 0.15) is 0 Å². The molecular formula is C12H22N2O2. The van der Waals surface area contributed by atoms with Crippen LogP contribution in [0.25, 0.3) is 0 Å². The molecule has 0 heterocycles. The van der Waals surface area contributed by atoms with Gasteiger partial charge in [-0.25, -0.2) is 0 Å². The molecule has 2 saturated carbocycles. The topological polar surface area (TPSA) is 66.6 Å². The Kier molecular flexibility index (Phi) is 3.22. The number of nitrogens with zero attached hydrogens (tertiary/aromatic N) is 1. The molecule has 0 radical (unpaired) electrons. The molecule has 1 amide bonds. The summed E-state index contributed by atoms with van der Waals surface area (Å²) in [5.74, 6) is 1.17. The zero-order chi connectivity index (χ0) is 11.9. The predicted molar refractivity (Wildman–Crippen MR) is 61.6 cm³/mol. The van der Waals surface area contributed by atoms with Crippen molar-refractivity contribution in [3.63, 3.8) is 0 Å². The quantitative estimate of drug-likeness (QED) is 0.722. The lowest BCUT2D eigenvalue weighted by Crippen LogP contribution is -2.47. The maximum Gasteiger partial charge on any atom is 0.227 e. The molecule has 0 aliphatic heterocycles. The Bertz CT molecular complexity index is 278. The highest BCUT2D eigenvalue weighted by atomic mass is 16.3. The molecule has 2 fully saturated rings. The van der Waals surface area contributed by atoms with Crippen LogP contribution in [0.5, 0.6) is 0 Å². The van der Waals surface area contributed by atoms with Gasteiger partial charge in [-0.05, 0) is 38.0 Å². The van der Waals surface area contributed by atoms with E-state index in [4.69, 9.17) is 5.73 Å². The van der Waals surface area contributed by atoms with Gasteiger partial charge in [-0.1, -0.05) is 0 Å². The molecule has 5 atom stereocenters. The van der Waals surface area contributed by atoms with Crippen molar-refractivity contribution in [1.29, 1.82) is 0 Å². The van der Waals surface area contributed by atoms with Crippen molar-refractivity contribution in [2.24, 2.45) is 23.5 Å². The first-order valence-corrected chi connectivity index (χ1v) is 6.19. The number of rotatable bonds is 3. The number of likely N-dealkylation sites (N-methyl/N-ethyl adjacent to an activating group) is 1. The number of hydrogen-bond donors (Lipinski definition) is 2. The summed E-state index contributed by atoms with van der Waals surface area (Å²) in [6, 6.07) is 0.0442. The molecule has 0 spiro atoms. The summed E-state index contributed by atoms with van der Waals surface area (Å²) in [7, 11) is 1.76. The van der Waals surface area contributed by atoms with Gasteiger partial charge in [0.05, 0.1) is 12.0 Å². The molecular weight excluding hydrogens is 204 g/mol. The highest BCUT2D eigenvalue weighted by molar-refractivity contribution is 5.80. The van der Waals surface area contributed by atoms with E-state index in [-0.39, 0.29) is 17.9 Å². The summed E-state index contributed by atoms with van der Waals surface area (Å²) in [5, 5.41) is 9.29. The molecule has 3 N–H and O–H groups in total. The van der Waals surface area contributed by atoms with Crippen LogP contribution in [-0.2, 0) is 4.79 Å². The van der Waals surface area contributed by atoms with Crippen LogP contribution in [0, 0.1) is 17.8 Å². The third kappa shape index (κ3) is 1.96. The first kappa shape index (κ1) is 11.9. The first-order chi connectivity index (χ1) is 7.50. The standard InChI is InChI=1S/C12H22N2O2/c1-7(15)6-14(2)12(16)10-8-3-4-9(5-8)11(10)13/h7-11,15H,3-6,13H2,1-2H3. The van der Waals surface area contributed by atoms with Crippen LogP contribution in [0.3, 0.4) is 0 Å². The third-order valence-corrected chi connectivity index (χ3v) is 4.18. The largest absolute Gasteiger partial charge is 0.392 e. The predicted octanol–water partition coefficient (Wildman–Crippen LogP) is 0.199. The molecule has 0 aromatic carbocycles. The van der Waals surface area contributed by atoms with Gasteiger partial charge in [-0.3, -0.25) is 4.79 Å². The van der Waals surface area contributed by atoms with Crippen LogP contribution in [0.15, 0.2) is 0 Å². The van der Waals surface area contributed by atoms with Gasteiger partial charge >= 0.3 is 0 Å². The lowest BCUT2D eigenvalue weighted by Gasteiger charge is -2.31. The Hall–Kier alpha value is -0.610. The molecule has 92 valence electrons. The fourth-order valence-corrected chi connectivity index (χ4v) is 3.44. The minimum atomic E-state index is -0.469.